The molecule has 4 heteroatoms. The van der Waals surface area contributed by atoms with Gasteiger partial charge in [0.1, 0.15) is 11.5 Å². The number of para-hydroxylation sites is 2. The first-order chi connectivity index (χ1) is 9.56. The summed E-state index contributed by atoms with van der Waals surface area (Å²) >= 11 is 5.89. The highest BCUT2D eigenvalue weighted by molar-refractivity contribution is 6.32. The van der Waals surface area contributed by atoms with E-state index in [4.69, 9.17) is 16.3 Å². The molecule has 2 aromatic rings. The van der Waals surface area contributed by atoms with E-state index in [1.165, 1.54) is 0 Å². The maximum absolute atomic E-state index is 9.40. The van der Waals surface area contributed by atoms with Crippen molar-refractivity contribution in [3.05, 3.63) is 53.1 Å². The number of benzene rings is 2. The predicted molar refractivity (Wildman–Crippen MR) is 82.6 cm³/mol. The van der Waals surface area contributed by atoms with Gasteiger partial charge in [-0.15, -0.1) is 0 Å². The molecule has 0 atom stereocenters. The molecule has 2 N–H and O–H groups in total. The van der Waals surface area contributed by atoms with Gasteiger partial charge in [-0.05, 0) is 43.7 Å². The van der Waals surface area contributed by atoms with Crippen LogP contribution in [0.15, 0.2) is 42.5 Å². The van der Waals surface area contributed by atoms with E-state index in [1.807, 2.05) is 44.2 Å². The Balaban J connectivity index is 2.08. The summed E-state index contributed by atoms with van der Waals surface area (Å²) in [5.41, 5.74) is 1.93. The normalized spacial score (nSPS) is 10.6. The van der Waals surface area contributed by atoms with Crippen LogP contribution in [0.1, 0.15) is 19.4 Å². The quantitative estimate of drug-likeness (QED) is 0.855. The molecule has 0 spiro atoms. The molecule has 2 rings (SSSR count). The molecule has 0 heterocycles. The fourth-order valence-corrected chi connectivity index (χ4v) is 2.03. The monoisotopic (exact) mass is 291 g/mol. The van der Waals surface area contributed by atoms with Crippen LogP contribution in [-0.4, -0.2) is 11.2 Å². The number of rotatable bonds is 5. The fraction of sp³-hybridized carbons (Fsp3) is 0.250. The Morgan fingerprint density at radius 1 is 1.20 bits per heavy atom. The predicted octanol–water partition coefficient (Wildman–Crippen LogP) is 4.44. The van der Waals surface area contributed by atoms with Crippen molar-refractivity contribution in [2.45, 2.75) is 26.5 Å². The van der Waals surface area contributed by atoms with Crippen LogP contribution in [0.3, 0.4) is 0 Å². The molecular weight excluding hydrogens is 274 g/mol. The van der Waals surface area contributed by atoms with E-state index in [9.17, 15) is 5.11 Å². The van der Waals surface area contributed by atoms with Crippen LogP contribution in [0.4, 0.5) is 5.69 Å². The van der Waals surface area contributed by atoms with Gasteiger partial charge in [0.15, 0.2) is 0 Å². The number of aromatic hydroxyl groups is 1. The summed E-state index contributed by atoms with van der Waals surface area (Å²) in [6.07, 6.45) is 0.126. The molecule has 3 nitrogen and oxygen atoms in total. The second-order valence-electron chi connectivity index (χ2n) is 4.80. The van der Waals surface area contributed by atoms with E-state index < -0.39 is 0 Å². The van der Waals surface area contributed by atoms with Crippen molar-refractivity contribution in [1.29, 1.82) is 0 Å². The van der Waals surface area contributed by atoms with Crippen LogP contribution < -0.4 is 10.1 Å². The Morgan fingerprint density at radius 2 is 1.95 bits per heavy atom. The third-order valence-corrected chi connectivity index (χ3v) is 3.05. The Morgan fingerprint density at radius 3 is 2.65 bits per heavy atom. The highest BCUT2D eigenvalue weighted by Crippen LogP contribution is 2.27. The van der Waals surface area contributed by atoms with E-state index in [2.05, 4.69) is 5.32 Å². The lowest BCUT2D eigenvalue weighted by molar-refractivity contribution is 0.243. The zero-order valence-electron chi connectivity index (χ0n) is 11.6. The number of phenols is 1. The highest BCUT2D eigenvalue weighted by Gasteiger charge is 2.05. The average Bonchev–Trinajstić information content (AvgIpc) is 2.41. The SMILES string of the molecule is CC(C)Oc1ccccc1NCc1ccc(O)c(Cl)c1. The Labute approximate surface area is 124 Å². The van der Waals surface area contributed by atoms with Gasteiger partial charge in [-0.1, -0.05) is 29.8 Å². The van der Waals surface area contributed by atoms with Gasteiger partial charge in [0.05, 0.1) is 16.8 Å². The molecule has 0 saturated heterocycles. The van der Waals surface area contributed by atoms with E-state index >= 15 is 0 Å². The Bertz CT molecular complexity index is 584. The number of phenolic OH excluding ortho intramolecular Hbond substituents is 1. The molecule has 0 radical (unpaired) electrons. The van der Waals surface area contributed by atoms with Crippen LogP contribution in [0, 0.1) is 0 Å². The number of halogens is 1. The van der Waals surface area contributed by atoms with Crippen molar-refractivity contribution in [3.8, 4) is 11.5 Å². The number of anilines is 1. The summed E-state index contributed by atoms with van der Waals surface area (Å²) in [6, 6.07) is 13.0. The van der Waals surface area contributed by atoms with Crippen molar-refractivity contribution in [1.82, 2.24) is 0 Å². The lowest BCUT2D eigenvalue weighted by Gasteiger charge is -2.15. The van der Waals surface area contributed by atoms with Gasteiger partial charge in [0.25, 0.3) is 0 Å². The maximum atomic E-state index is 9.40. The summed E-state index contributed by atoms with van der Waals surface area (Å²) < 4.78 is 5.75. The zero-order chi connectivity index (χ0) is 14.5. The summed E-state index contributed by atoms with van der Waals surface area (Å²) in [5, 5.41) is 13.1. The van der Waals surface area contributed by atoms with Crippen LogP contribution >= 0.6 is 11.6 Å². The molecule has 0 aromatic heterocycles. The zero-order valence-corrected chi connectivity index (χ0v) is 12.3. The first-order valence-electron chi connectivity index (χ1n) is 6.53. The van der Waals surface area contributed by atoms with Crippen molar-refractivity contribution >= 4 is 17.3 Å². The third-order valence-electron chi connectivity index (χ3n) is 2.74. The highest BCUT2D eigenvalue weighted by atomic mass is 35.5. The molecular formula is C16H18ClNO2. The number of hydrogen-bond donors (Lipinski definition) is 2. The average molecular weight is 292 g/mol. The van der Waals surface area contributed by atoms with E-state index in [-0.39, 0.29) is 11.9 Å². The van der Waals surface area contributed by atoms with Crippen LogP contribution in [0.2, 0.25) is 5.02 Å². The summed E-state index contributed by atoms with van der Waals surface area (Å²) in [5.74, 6) is 0.923. The molecule has 106 valence electrons. The number of nitrogens with one attached hydrogen (secondary N) is 1. The summed E-state index contributed by atoms with van der Waals surface area (Å²) in [7, 11) is 0. The minimum atomic E-state index is 0.0963. The number of ether oxygens (including phenoxy) is 1. The lowest BCUT2D eigenvalue weighted by Crippen LogP contribution is -2.08. The second-order valence-corrected chi connectivity index (χ2v) is 5.21. The van der Waals surface area contributed by atoms with Crippen molar-refractivity contribution < 1.29 is 9.84 Å². The summed E-state index contributed by atoms with van der Waals surface area (Å²) in [4.78, 5) is 0. The van der Waals surface area contributed by atoms with E-state index in [0.29, 0.717) is 11.6 Å². The third kappa shape index (κ3) is 3.81. The second kappa shape index (κ2) is 6.53. The maximum Gasteiger partial charge on any atom is 0.142 e. The van der Waals surface area contributed by atoms with Crippen LogP contribution in [0.25, 0.3) is 0 Å². The van der Waals surface area contributed by atoms with Gasteiger partial charge in [-0.3, -0.25) is 0 Å². The largest absolute Gasteiger partial charge is 0.506 e. The molecule has 0 aliphatic heterocycles. The van der Waals surface area contributed by atoms with Gasteiger partial charge in [0.2, 0.25) is 0 Å². The standard InChI is InChI=1S/C16H18ClNO2/c1-11(2)20-16-6-4-3-5-14(16)18-10-12-7-8-15(19)13(17)9-12/h3-9,11,18-19H,10H2,1-2H3. The van der Waals surface area contributed by atoms with Gasteiger partial charge < -0.3 is 15.2 Å². The number of hydrogen-bond acceptors (Lipinski definition) is 3. The molecule has 0 saturated carbocycles. The molecule has 0 aliphatic carbocycles. The van der Waals surface area contributed by atoms with Crippen LogP contribution in [0.5, 0.6) is 11.5 Å². The first kappa shape index (κ1) is 14.5. The van der Waals surface area contributed by atoms with Gasteiger partial charge >= 0.3 is 0 Å². The molecule has 0 aliphatic rings. The van der Waals surface area contributed by atoms with Crippen molar-refractivity contribution in [3.63, 3.8) is 0 Å². The topological polar surface area (TPSA) is 41.5 Å². The molecule has 0 fully saturated rings. The van der Waals surface area contributed by atoms with E-state index in [1.54, 1.807) is 12.1 Å². The molecule has 0 amide bonds. The van der Waals surface area contributed by atoms with Gasteiger partial charge in [-0.2, -0.15) is 0 Å². The summed E-state index contributed by atoms with van der Waals surface area (Å²) in [6.45, 7) is 4.60. The van der Waals surface area contributed by atoms with E-state index in [0.717, 1.165) is 17.0 Å². The molecule has 0 bridgehead atoms. The van der Waals surface area contributed by atoms with Gasteiger partial charge in [-0.25, -0.2) is 0 Å². The Kier molecular flexibility index (Phi) is 4.74. The van der Waals surface area contributed by atoms with Gasteiger partial charge in [0, 0.05) is 6.54 Å². The lowest BCUT2D eigenvalue weighted by atomic mass is 10.2. The minimum Gasteiger partial charge on any atom is -0.506 e. The first-order valence-corrected chi connectivity index (χ1v) is 6.91. The molecule has 0 unspecified atom stereocenters. The molecule has 2 aromatic carbocycles. The van der Waals surface area contributed by atoms with Crippen LogP contribution in [-0.2, 0) is 6.54 Å². The van der Waals surface area contributed by atoms with Crippen molar-refractivity contribution in [2.75, 3.05) is 5.32 Å². The Hall–Kier alpha value is -1.87. The smallest absolute Gasteiger partial charge is 0.142 e. The molecule has 20 heavy (non-hydrogen) atoms. The minimum absolute atomic E-state index is 0.0963. The fourth-order valence-electron chi connectivity index (χ4n) is 1.83. The van der Waals surface area contributed by atoms with Crippen molar-refractivity contribution in [2.24, 2.45) is 0 Å².